The average molecular weight is 462 g/mol. The Morgan fingerprint density at radius 1 is 0.933 bits per heavy atom. The number of urea groups is 1. The molecule has 0 aliphatic heterocycles. The van der Waals surface area contributed by atoms with Gasteiger partial charge in [0.15, 0.2) is 0 Å². The number of anilines is 2. The Hall–Kier alpha value is -2.77. The highest BCUT2D eigenvalue weighted by Crippen LogP contribution is 2.28. The quantitative estimate of drug-likeness (QED) is 0.267. The smallest absolute Gasteiger partial charge is 0.288 e. The van der Waals surface area contributed by atoms with Gasteiger partial charge in [0, 0.05) is 16.1 Å². The highest BCUT2D eigenvalue weighted by Gasteiger charge is 2.24. The van der Waals surface area contributed by atoms with Crippen molar-refractivity contribution in [3.8, 4) is 0 Å². The van der Waals surface area contributed by atoms with E-state index in [0.29, 0.717) is 25.8 Å². The molecule has 152 valence electrons. The molecule has 0 saturated carbocycles. The molecular formula is C21H15Cl3N4O2. The predicted octanol–water partition coefficient (Wildman–Crippen LogP) is 6.55. The van der Waals surface area contributed by atoms with Crippen LogP contribution in [0.2, 0.25) is 15.1 Å². The van der Waals surface area contributed by atoms with Gasteiger partial charge in [0.1, 0.15) is 0 Å². The van der Waals surface area contributed by atoms with Crippen LogP contribution in [-0.2, 0) is 6.54 Å². The lowest BCUT2D eigenvalue weighted by molar-refractivity contribution is 0.210. The third-order valence-electron chi connectivity index (χ3n) is 4.54. The van der Waals surface area contributed by atoms with Crippen molar-refractivity contribution in [2.45, 2.75) is 6.54 Å². The van der Waals surface area contributed by atoms with Gasteiger partial charge in [0.2, 0.25) is 0 Å². The first-order valence-electron chi connectivity index (χ1n) is 8.85. The molecule has 9 heteroatoms. The van der Waals surface area contributed by atoms with Crippen molar-refractivity contribution >= 4 is 63.1 Å². The molecule has 0 saturated heterocycles. The second kappa shape index (κ2) is 8.53. The van der Waals surface area contributed by atoms with Crippen LogP contribution in [-0.4, -0.2) is 21.4 Å². The minimum Gasteiger partial charge on any atom is -0.288 e. The van der Waals surface area contributed by atoms with E-state index in [0.717, 1.165) is 16.5 Å². The lowest BCUT2D eigenvalue weighted by Gasteiger charge is -2.27. The van der Waals surface area contributed by atoms with E-state index < -0.39 is 6.03 Å². The van der Waals surface area contributed by atoms with Crippen LogP contribution in [0.1, 0.15) is 5.56 Å². The first kappa shape index (κ1) is 20.5. The lowest BCUT2D eigenvalue weighted by Crippen LogP contribution is -2.41. The molecule has 0 aliphatic rings. The number of hydrogen-bond acceptors (Lipinski definition) is 3. The Kier molecular flexibility index (Phi) is 5.83. The standard InChI is InChI=1S/C21H15Cl3N4O2/c22-15-2-4-16(5-3-15)28(30)21(29)27(12-13-1-7-18(23)19(24)9-13)17-6-8-20-14(10-17)11-25-26-20/h1-11,30H,12H2,(H,25,26). The number of benzene rings is 3. The van der Waals surface area contributed by atoms with Gasteiger partial charge >= 0.3 is 6.03 Å². The van der Waals surface area contributed by atoms with Crippen LogP contribution in [0.3, 0.4) is 0 Å². The number of nitrogens with zero attached hydrogens (tertiary/aromatic N) is 3. The van der Waals surface area contributed by atoms with Gasteiger partial charge in [0.05, 0.1) is 34.0 Å². The third kappa shape index (κ3) is 4.22. The Morgan fingerprint density at radius 3 is 2.40 bits per heavy atom. The SMILES string of the molecule is O=C(N(O)c1ccc(Cl)cc1)N(Cc1ccc(Cl)c(Cl)c1)c1ccc2[nH]ncc2c1. The number of rotatable bonds is 4. The summed E-state index contributed by atoms with van der Waals surface area (Å²) < 4.78 is 0. The van der Waals surface area contributed by atoms with Crippen molar-refractivity contribution in [2.24, 2.45) is 0 Å². The lowest BCUT2D eigenvalue weighted by atomic mass is 10.1. The Labute approximate surface area is 187 Å². The zero-order valence-electron chi connectivity index (χ0n) is 15.4. The monoisotopic (exact) mass is 460 g/mol. The Balaban J connectivity index is 1.72. The van der Waals surface area contributed by atoms with Crippen molar-refractivity contribution in [1.29, 1.82) is 0 Å². The first-order chi connectivity index (χ1) is 14.4. The predicted molar refractivity (Wildman–Crippen MR) is 120 cm³/mol. The molecule has 0 radical (unpaired) electrons. The summed E-state index contributed by atoms with van der Waals surface area (Å²) in [6.45, 7) is 0.156. The van der Waals surface area contributed by atoms with E-state index >= 15 is 0 Å². The number of carbonyl (C=O) groups is 1. The number of H-pyrrole nitrogens is 1. The second-order valence-corrected chi connectivity index (χ2v) is 7.80. The molecule has 0 bridgehead atoms. The fourth-order valence-electron chi connectivity index (χ4n) is 2.99. The summed E-state index contributed by atoms with van der Waals surface area (Å²) >= 11 is 18.1. The number of aromatic nitrogens is 2. The van der Waals surface area contributed by atoms with Crippen molar-refractivity contribution in [1.82, 2.24) is 10.2 Å². The second-order valence-electron chi connectivity index (χ2n) is 6.55. The minimum atomic E-state index is -0.647. The molecule has 6 nitrogen and oxygen atoms in total. The van der Waals surface area contributed by atoms with Gasteiger partial charge < -0.3 is 0 Å². The molecule has 30 heavy (non-hydrogen) atoms. The van der Waals surface area contributed by atoms with Gasteiger partial charge in [-0.05, 0) is 60.2 Å². The van der Waals surface area contributed by atoms with Crippen LogP contribution in [0.25, 0.3) is 10.9 Å². The summed E-state index contributed by atoms with van der Waals surface area (Å²) in [5, 5.41) is 20.2. The number of carbonyl (C=O) groups excluding carboxylic acids is 1. The Bertz CT molecular complexity index is 1210. The van der Waals surface area contributed by atoms with Gasteiger partial charge in [-0.1, -0.05) is 40.9 Å². The van der Waals surface area contributed by atoms with Gasteiger partial charge in [-0.2, -0.15) is 10.2 Å². The maximum atomic E-state index is 13.2. The largest absolute Gasteiger partial charge is 0.353 e. The number of halogens is 3. The fourth-order valence-corrected chi connectivity index (χ4v) is 3.44. The van der Waals surface area contributed by atoms with E-state index in [9.17, 15) is 10.0 Å². The number of hydroxylamine groups is 1. The van der Waals surface area contributed by atoms with Gasteiger partial charge in [-0.15, -0.1) is 0 Å². The summed E-state index contributed by atoms with van der Waals surface area (Å²) in [6, 6.07) is 16.2. The molecule has 2 amide bonds. The number of hydrogen-bond donors (Lipinski definition) is 2. The molecule has 4 aromatic rings. The van der Waals surface area contributed by atoms with Crippen molar-refractivity contribution in [2.75, 3.05) is 9.96 Å². The average Bonchev–Trinajstić information content (AvgIpc) is 3.22. The maximum Gasteiger partial charge on any atom is 0.353 e. The van der Waals surface area contributed by atoms with Crippen molar-refractivity contribution in [3.63, 3.8) is 0 Å². The highest BCUT2D eigenvalue weighted by molar-refractivity contribution is 6.42. The molecule has 4 rings (SSSR count). The van der Waals surface area contributed by atoms with Gasteiger partial charge in [-0.25, -0.2) is 4.79 Å². The summed E-state index contributed by atoms with van der Waals surface area (Å²) in [5.74, 6) is 0. The molecular weight excluding hydrogens is 447 g/mol. The molecule has 1 aromatic heterocycles. The topological polar surface area (TPSA) is 72.5 Å². The minimum absolute atomic E-state index is 0.156. The van der Waals surface area contributed by atoms with Crippen LogP contribution >= 0.6 is 34.8 Å². The van der Waals surface area contributed by atoms with Crippen LogP contribution in [0.15, 0.2) is 66.9 Å². The van der Waals surface area contributed by atoms with E-state index in [2.05, 4.69) is 10.2 Å². The Morgan fingerprint density at radius 2 is 1.67 bits per heavy atom. The molecule has 2 N–H and O–H groups in total. The van der Waals surface area contributed by atoms with E-state index in [1.54, 1.807) is 54.7 Å². The number of nitrogens with one attached hydrogen (secondary N) is 1. The zero-order valence-corrected chi connectivity index (χ0v) is 17.7. The van der Waals surface area contributed by atoms with E-state index in [-0.39, 0.29) is 12.2 Å². The highest BCUT2D eigenvalue weighted by atomic mass is 35.5. The van der Waals surface area contributed by atoms with E-state index in [1.807, 2.05) is 12.1 Å². The van der Waals surface area contributed by atoms with Crippen LogP contribution < -0.4 is 9.96 Å². The number of fused-ring (bicyclic) bond motifs is 1. The van der Waals surface area contributed by atoms with E-state index in [4.69, 9.17) is 34.8 Å². The summed E-state index contributed by atoms with van der Waals surface area (Å²) in [4.78, 5) is 14.7. The maximum absolute atomic E-state index is 13.2. The molecule has 0 spiro atoms. The molecule has 0 atom stereocenters. The number of amides is 2. The van der Waals surface area contributed by atoms with Crippen molar-refractivity contribution in [3.05, 3.63) is 87.5 Å². The summed E-state index contributed by atoms with van der Waals surface area (Å²) in [7, 11) is 0. The zero-order chi connectivity index (χ0) is 21.3. The third-order valence-corrected chi connectivity index (χ3v) is 5.53. The summed E-state index contributed by atoms with van der Waals surface area (Å²) in [6.07, 6.45) is 1.66. The molecule has 0 fully saturated rings. The van der Waals surface area contributed by atoms with Gasteiger partial charge in [-0.3, -0.25) is 15.2 Å². The normalized spacial score (nSPS) is 10.9. The van der Waals surface area contributed by atoms with Crippen molar-refractivity contribution < 1.29 is 10.0 Å². The number of aromatic amines is 1. The van der Waals surface area contributed by atoms with Crippen LogP contribution in [0, 0.1) is 0 Å². The van der Waals surface area contributed by atoms with E-state index in [1.165, 1.54) is 4.90 Å². The van der Waals surface area contributed by atoms with Gasteiger partial charge in [0.25, 0.3) is 0 Å². The van der Waals surface area contributed by atoms with Crippen LogP contribution in [0.4, 0.5) is 16.2 Å². The summed E-state index contributed by atoms with van der Waals surface area (Å²) in [5.41, 5.74) is 2.44. The molecule has 0 aliphatic carbocycles. The molecule has 1 heterocycles. The fraction of sp³-hybridized carbons (Fsp3) is 0.0476. The van der Waals surface area contributed by atoms with Crippen LogP contribution in [0.5, 0.6) is 0 Å². The molecule has 0 unspecified atom stereocenters. The molecule has 3 aromatic carbocycles. The first-order valence-corrected chi connectivity index (χ1v) is 9.99.